The number of carbonyl (C=O) groups is 1. The first kappa shape index (κ1) is 12.8. The maximum Gasteiger partial charge on any atom is 0.142 e. The normalized spacial score (nSPS) is 46.5. The fourth-order valence-electron chi connectivity index (χ4n) is 3.78. The van der Waals surface area contributed by atoms with Crippen LogP contribution in [0.4, 0.5) is 0 Å². The summed E-state index contributed by atoms with van der Waals surface area (Å²) in [4.78, 5) is 12.4. The summed E-state index contributed by atoms with van der Waals surface area (Å²) in [6.07, 6.45) is 3.61. The fourth-order valence-corrected chi connectivity index (χ4v) is 3.78. The average Bonchev–Trinajstić information content (AvgIpc) is 2.26. The second-order valence-corrected chi connectivity index (χ2v) is 6.24. The fraction of sp³-hybridized carbons (Fsp3) is 0.800. The Hall–Kier alpha value is -0.630. The Balaban J connectivity index is 2.38. The summed E-state index contributed by atoms with van der Waals surface area (Å²) in [5, 5.41) is 10.9. The van der Waals surface area contributed by atoms with Crippen molar-refractivity contribution in [2.24, 2.45) is 23.7 Å². The third-order valence-corrected chi connectivity index (χ3v) is 5.11. The quantitative estimate of drug-likeness (QED) is 0.711. The molecule has 96 valence electrons. The van der Waals surface area contributed by atoms with Gasteiger partial charge in [0.05, 0.1) is 11.5 Å². The maximum atomic E-state index is 12.4. The standard InChI is InChI=1S/C15H24O2/c1-9(2)12-6-5-11(4)15(17)8-7-10(3)14(16)13(12)15/h10-13,17H,1,5-8H2,2-4H3/t10-,11-,12+,13-,15-/m1/s1. The van der Waals surface area contributed by atoms with E-state index in [1.807, 2.05) is 13.8 Å². The van der Waals surface area contributed by atoms with Crippen molar-refractivity contribution in [3.8, 4) is 0 Å². The number of fused-ring (bicyclic) bond motifs is 1. The molecule has 0 aromatic carbocycles. The maximum absolute atomic E-state index is 12.4. The molecule has 2 nitrogen and oxygen atoms in total. The second kappa shape index (κ2) is 4.24. The molecule has 2 aliphatic rings. The molecule has 0 amide bonds. The Bertz CT molecular complexity index is 347. The minimum absolute atomic E-state index is 0.104. The zero-order chi connectivity index (χ0) is 12.8. The van der Waals surface area contributed by atoms with Gasteiger partial charge in [0, 0.05) is 5.92 Å². The van der Waals surface area contributed by atoms with E-state index in [4.69, 9.17) is 0 Å². The van der Waals surface area contributed by atoms with Crippen molar-refractivity contribution in [1.82, 2.24) is 0 Å². The molecule has 0 saturated heterocycles. The van der Waals surface area contributed by atoms with Crippen LogP contribution >= 0.6 is 0 Å². The molecule has 0 aromatic rings. The van der Waals surface area contributed by atoms with Gasteiger partial charge in [-0.25, -0.2) is 0 Å². The van der Waals surface area contributed by atoms with Crippen molar-refractivity contribution >= 4 is 5.78 Å². The molecule has 0 spiro atoms. The average molecular weight is 236 g/mol. The molecule has 2 saturated carbocycles. The Morgan fingerprint density at radius 2 is 2.00 bits per heavy atom. The number of hydrogen-bond donors (Lipinski definition) is 1. The Morgan fingerprint density at radius 1 is 1.35 bits per heavy atom. The predicted molar refractivity (Wildman–Crippen MR) is 68.5 cm³/mol. The third-order valence-electron chi connectivity index (χ3n) is 5.11. The van der Waals surface area contributed by atoms with Crippen LogP contribution in [-0.2, 0) is 4.79 Å². The van der Waals surface area contributed by atoms with Crippen LogP contribution in [-0.4, -0.2) is 16.5 Å². The lowest BCUT2D eigenvalue weighted by Crippen LogP contribution is -2.58. The van der Waals surface area contributed by atoms with Gasteiger partial charge in [-0.1, -0.05) is 26.0 Å². The Labute approximate surface area is 104 Å². The molecule has 5 atom stereocenters. The molecular formula is C15H24O2. The summed E-state index contributed by atoms with van der Waals surface area (Å²) in [6.45, 7) is 10.1. The van der Waals surface area contributed by atoms with Crippen molar-refractivity contribution in [2.75, 3.05) is 0 Å². The summed E-state index contributed by atoms with van der Waals surface area (Å²) in [7, 11) is 0. The summed E-state index contributed by atoms with van der Waals surface area (Å²) in [5.74, 6) is 0.587. The molecular weight excluding hydrogens is 212 g/mol. The SMILES string of the molecule is C=C(C)[C@@H]1CC[C@@H](C)[C@]2(O)CC[C@@H](C)C(=O)[C@@H]12. The summed E-state index contributed by atoms with van der Waals surface area (Å²) in [5.41, 5.74) is 0.286. The molecule has 0 unspecified atom stereocenters. The van der Waals surface area contributed by atoms with Crippen molar-refractivity contribution < 1.29 is 9.90 Å². The van der Waals surface area contributed by atoms with E-state index in [0.717, 1.165) is 31.3 Å². The molecule has 2 aliphatic carbocycles. The van der Waals surface area contributed by atoms with E-state index < -0.39 is 5.60 Å². The number of rotatable bonds is 1. The van der Waals surface area contributed by atoms with Crippen molar-refractivity contribution in [3.05, 3.63) is 12.2 Å². The van der Waals surface area contributed by atoms with E-state index in [1.165, 1.54) is 0 Å². The molecule has 0 radical (unpaired) electrons. The zero-order valence-corrected chi connectivity index (χ0v) is 11.2. The van der Waals surface area contributed by atoms with Crippen LogP contribution in [0.25, 0.3) is 0 Å². The molecule has 0 bridgehead atoms. The number of Topliss-reactive ketones (excluding diaryl/α,β-unsaturated/α-hetero) is 1. The van der Waals surface area contributed by atoms with Crippen LogP contribution in [0.3, 0.4) is 0 Å². The van der Waals surface area contributed by atoms with Gasteiger partial charge in [-0.2, -0.15) is 0 Å². The topological polar surface area (TPSA) is 37.3 Å². The number of allylic oxidation sites excluding steroid dienone is 1. The summed E-state index contributed by atoms with van der Waals surface area (Å²) in [6, 6.07) is 0. The first-order valence-electron chi connectivity index (χ1n) is 6.79. The largest absolute Gasteiger partial charge is 0.389 e. The van der Waals surface area contributed by atoms with Crippen molar-refractivity contribution in [2.45, 2.75) is 52.1 Å². The van der Waals surface area contributed by atoms with Gasteiger partial charge in [0.1, 0.15) is 5.78 Å². The molecule has 0 aliphatic heterocycles. The zero-order valence-electron chi connectivity index (χ0n) is 11.2. The van der Waals surface area contributed by atoms with E-state index in [9.17, 15) is 9.90 Å². The minimum Gasteiger partial charge on any atom is -0.389 e. The monoisotopic (exact) mass is 236 g/mol. The van der Waals surface area contributed by atoms with Gasteiger partial charge in [0.25, 0.3) is 0 Å². The number of hydrogen-bond acceptors (Lipinski definition) is 2. The first-order valence-corrected chi connectivity index (χ1v) is 6.79. The van der Waals surface area contributed by atoms with E-state index >= 15 is 0 Å². The highest BCUT2D eigenvalue weighted by Crippen LogP contribution is 2.50. The van der Waals surface area contributed by atoms with Crippen molar-refractivity contribution in [3.63, 3.8) is 0 Å². The molecule has 17 heavy (non-hydrogen) atoms. The highest BCUT2D eigenvalue weighted by Gasteiger charge is 2.55. The van der Waals surface area contributed by atoms with Gasteiger partial charge in [-0.05, 0) is 44.4 Å². The molecule has 2 heteroatoms. The van der Waals surface area contributed by atoms with Gasteiger partial charge in [-0.15, -0.1) is 0 Å². The van der Waals surface area contributed by atoms with Gasteiger partial charge < -0.3 is 5.11 Å². The smallest absolute Gasteiger partial charge is 0.142 e. The summed E-state index contributed by atoms with van der Waals surface area (Å²) >= 11 is 0. The third kappa shape index (κ3) is 1.87. The molecule has 2 fully saturated rings. The lowest BCUT2D eigenvalue weighted by Gasteiger charge is -2.52. The van der Waals surface area contributed by atoms with Crippen LogP contribution in [0, 0.1) is 23.7 Å². The van der Waals surface area contributed by atoms with Crippen LogP contribution in [0.2, 0.25) is 0 Å². The highest BCUT2D eigenvalue weighted by molar-refractivity contribution is 5.86. The van der Waals surface area contributed by atoms with E-state index in [1.54, 1.807) is 0 Å². The van der Waals surface area contributed by atoms with Crippen molar-refractivity contribution in [1.29, 1.82) is 0 Å². The number of carbonyl (C=O) groups excluding carboxylic acids is 1. The lowest BCUT2D eigenvalue weighted by molar-refractivity contribution is -0.164. The number of ketones is 1. The van der Waals surface area contributed by atoms with Crippen LogP contribution < -0.4 is 0 Å². The van der Waals surface area contributed by atoms with Crippen LogP contribution in [0.1, 0.15) is 46.5 Å². The van der Waals surface area contributed by atoms with E-state index in [0.29, 0.717) is 0 Å². The number of aliphatic hydroxyl groups is 1. The molecule has 0 aromatic heterocycles. The molecule has 1 N–H and O–H groups in total. The second-order valence-electron chi connectivity index (χ2n) is 6.24. The first-order chi connectivity index (χ1) is 7.88. The summed E-state index contributed by atoms with van der Waals surface area (Å²) < 4.78 is 0. The van der Waals surface area contributed by atoms with Gasteiger partial charge in [0.15, 0.2) is 0 Å². The minimum atomic E-state index is -0.772. The van der Waals surface area contributed by atoms with Crippen LogP contribution in [0.15, 0.2) is 12.2 Å². The van der Waals surface area contributed by atoms with Crippen LogP contribution in [0.5, 0.6) is 0 Å². The lowest BCUT2D eigenvalue weighted by atomic mass is 9.55. The van der Waals surface area contributed by atoms with Gasteiger partial charge in [-0.3, -0.25) is 4.79 Å². The van der Waals surface area contributed by atoms with Gasteiger partial charge in [0.2, 0.25) is 0 Å². The van der Waals surface area contributed by atoms with Gasteiger partial charge >= 0.3 is 0 Å². The van der Waals surface area contributed by atoms with E-state index in [-0.39, 0.29) is 29.5 Å². The highest BCUT2D eigenvalue weighted by atomic mass is 16.3. The Morgan fingerprint density at radius 3 is 2.59 bits per heavy atom. The van der Waals surface area contributed by atoms with E-state index in [2.05, 4.69) is 13.5 Å². The molecule has 2 rings (SSSR count). The Kier molecular flexibility index (Phi) is 3.19. The predicted octanol–water partition coefficient (Wildman–Crippen LogP) is 2.95. The molecule has 0 heterocycles.